The molecule has 0 amide bonds. The minimum Gasteiger partial charge on any atom is -0.496 e. The van der Waals surface area contributed by atoms with E-state index in [9.17, 15) is 0 Å². The maximum atomic E-state index is 5.20. The highest BCUT2D eigenvalue weighted by Gasteiger charge is 2.03. The van der Waals surface area contributed by atoms with Crippen molar-refractivity contribution in [3.8, 4) is 17.0 Å². The van der Waals surface area contributed by atoms with Crippen molar-refractivity contribution in [3.05, 3.63) is 63.9 Å². The van der Waals surface area contributed by atoms with Gasteiger partial charge in [0.15, 0.2) is 0 Å². The standard InChI is InChI=1S/C17H14BrN3OS/c1-22-16-8-7-12(9-14(16)18)10-19-21-17-20-15(11-23-17)13-5-3-2-4-6-13/h2-11H,1H3,(H,20,21). The first kappa shape index (κ1) is 15.7. The fraction of sp³-hybridized carbons (Fsp3) is 0.0588. The number of anilines is 1. The van der Waals surface area contributed by atoms with E-state index >= 15 is 0 Å². The van der Waals surface area contributed by atoms with Gasteiger partial charge in [0.2, 0.25) is 5.13 Å². The van der Waals surface area contributed by atoms with E-state index in [1.807, 2.05) is 53.9 Å². The van der Waals surface area contributed by atoms with E-state index in [-0.39, 0.29) is 0 Å². The Bertz CT molecular complexity index is 818. The molecule has 3 rings (SSSR count). The van der Waals surface area contributed by atoms with E-state index in [0.717, 1.165) is 32.2 Å². The first-order valence-corrected chi connectivity index (χ1v) is 8.57. The molecule has 0 unspecified atom stereocenters. The molecule has 0 radical (unpaired) electrons. The fourth-order valence-electron chi connectivity index (χ4n) is 1.99. The number of nitrogens with one attached hydrogen (secondary N) is 1. The summed E-state index contributed by atoms with van der Waals surface area (Å²) in [4.78, 5) is 4.52. The predicted octanol–water partition coefficient (Wildman–Crippen LogP) is 5.03. The maximum Gasteiger partial charge on any atom is 0.203 e. The van der Waals surface area contributed by atoms with Crippen LogP contribution < -0.4 is 10.2 Å². The Morgan fingerprint density at radius 1 is 1.22 bits per heavy atom. The topological polar surface area (TPSA) is 46.5 Å². The Labute approximate surface area is 147 Å². The van der Waals surface area contributed by atoms with Gasteiger partial charge in [-0.15, -0.1) is 11.3 Å². The lowest BCUT2D eigenvalue weighted by atomic mass is 10.2. The molecule has 0 aliphatic carbocycles. The lowest BCUT2D eigenvalue weighted by Crippen LogP contribution is -1.91. The number of hydrogen-bond donors (Lipinski definition) is 1. The zero-order valence-corrected chi connectivity index (χ0v) is 14.8. The summed E-state index contributed by atoms with van der Waals surface area (Å²) in [7, 11) is 1.64. The average Bonchev–Trinajstić information content (AvgIpc) is 3.05. The molecule has 23 heavy (non-hydrogen) atoms. The lowest BCUT2D eigenvalue weighted by Gasteiger charge is -2.03. The van der Waals surface area contributed by atoms with Gasteiger partial charge < -0.3 is 4.74 Å². The zero-order valence-electron chi connectivity index (χ0n) is 12.4. The van der Waals surface area contributed by atoms with Crippen molar-refractivity contribution >= 4 is 38.6 Å². The molecule has 0 aliphatic rings. The number of hydrogen-bond acceptors (Lipinski definition) is 5. The van der Waals surface area contributed by atoms with Crippen LogP contribution in [0.25, 0.3) is 11.3 Å². The molecule has 0 spiro atoms. The van der Waals surface area contributed by atoms with E-state index in [4.69, 9.17) is 4.74 Å². The molecule has 0 aliphatic heterocycles. The van der Waals surface area contributed by atoms with Crippen molar-refractivity contribution in [1.29, 1.82) is 0 Å². The van der Waals surface area contributed by atoms with Crippen molar-refractivity contribution in [2.45, 2.75) is 0 Å². The summed E-state index contributed by atoms with van der Waals surface area (Å²) < 4.78 is 6.10. The van der Waals surface area contributed by atoms with Gasteiger partial charge in [-0.1, -0.05) is 30.3 Å². The van der Waals surface area contributed by atoms with Crippen molar-refractivity contribution < 1.29 is 4.74 Å². The van der Waals surface area contributed by atoms with Gasteiger partial charge in [-0.3, -0.25) is 5.43 Å². The van der Waals surface area contributed by atoms with Gasteiger partial charge in [0.05, 0.1) is 23.5 Å². The van der Waals surface area contributed by atoms with Gasteiger partial charge in [0, 0.05) is 10.9 Å². The minimum atomic E-state index is 0.757. The second-order valence-electron chi connectivity index (χ2n) is 4.67. The van der Waals surface area contributed by atoms with Crippen LogP contribution in [0.4, 0.5) is 5.13 Å². The van der Waals surface area contributed by atoms with Crippen LogP contribution in [0.15, 0.2) is 63.5 Å². The van der Waals surface area contributed by atoms with Crippen molar-refractivity contribution in [2.24, 2.45) is 5.10 Å². The van der Waals surface area contributed by atoms with E-state index < -0.39 is 0 Å². The molecule has 2 aromatic carbocycles. The first-order chi connectivity index (χ1) is 11.3. The summed E-state index contributed by atoms with van der Waals surface area (Å²) in [5.41, 5.74) is 5.97. The molecule has 0 fully saturated rings. The van der Waals surface area contributed by atoms with Gasteiger partial charge in [0.25, 0.3) is 0 Å². The lowest BCUT2D eigenvalue weighted by molar-refractivity contribution is 0.412. The van der Waals surface area contributed by atoms with Crippen LogP contribution >= 0.6 is 27.3 Å². The van der Waals surface area contributed by atoms with E-state index in [1.165, 1.54) is 11.3 Å². The third-order valence-electron chi connectivity index (χ3n) is 3.12. The highest BCUT2D eigenvalue weighted by atomic mass is 79.9. The summed E-state index contributed by atoms with van der Waals surface area (Å²) in [6, 6.07) is 15.8. The average molecular weight is 388 g/mol. The first-order valence-electron chi connectivity index (χ1n) is 6.90. The second-order valence-corrected chi connectivity index (χ2v) is 6.38. The molecule has 1 heterocycles. The Morgan fingerprint density at radius 2 is 2.04 bits per heavy atom. The Hall–Kier alpha value is -2.18. The number of nitrogens with zero attached hydrogens (tertiary/aromatic N) is 2. The SMILES string of the molecule is COc1ccc(C=NNc2nc(-c3ccccc3)cs2)cc1Br. The third-order valence-corrected chi connectivity index (χ3v) is 4.49. The predicted molar refractivity (Wildman–Crippen MR) is 99.5 cm³/mol. The second kappa shape index (κ2) is 7.39. The number of thiazole rings is 1. The van der Waals surface area contributed by atoms with Gasteiger partial charge in [-0.25, -0.2) is 4.98 Å². The Kier molecular flexibility index (Phi) is 5.05. The van der Waals surface area contributed by atoms with Crippen LogP contribution in [0.2, 0.25) is 0 Å². The number of methoxy groups -OCH3 is 1. The molecule has 0 bridgehead atoms. The van der Waals surface area contributed by atoms with Gasteiger partial charge in [-0.05, 0) is 39.7 Å². The largest absolute Gasteiger partial charge is 0.496 e. The molecule has 1 aromatic heterocycles. The Balaban J connectivity index is 1.67. The number of ether oxygens (including phenoxy) is 1. The van der Waals surface area contributed by atoms with Gasteiger partial charge >= 0.3 is 0 Å². The molecular weight excluding hydrogens is 374 g/mol. The summed E-state index contributed by atoms with van der Waals surface area (Å²) in [5.74, 6) is 0.794. The summed E-state index contributed by atoms with van der Waals surface area (Å²) in [5, 5.41) is 6.99. The Morgan fingerprint density at radius 3 is 2.78 bits per heavy atom. The van der Waals surface area contributed by atoms with Crippen molar-refractivity contribution in [2.75, 3.05) is 12.5 Å². The van der Waals surface area contributed by atoms with Crippen LogP contribution in [0, 0.1) is 0 Å². The van der Waals surface area contributed by atoms with E-state index in [1.54, 1.807) is 13.3 Å². The molecule has 116 valence electrons. The highest BCUT2D eigenvalue weighted by Crippen LogP contribution is 2.26. The molecule has 0 saturated carbocycles. The number of rotatable bonds is 5. The number of halogens is 1. The quantitative estimate of drug-likeness (QED) is 0.493. The van der Waals surface area contributed by atoms with Crippen LogP contribution in [0.5, 0.6) is 5.75 Å². The number of aromatic nitrogens is 1. The smallest absolute Gasteiger partial charge is 0.203 e. The van der Waals surface area contributed by atoms with E-state index in [0.29, 0.717) is 0 Å². The molecule has 0 saturated heterocycles. The van der Waals surface area contributed by atoms with Crippen LogP contribution in [-0.4, -0.2) is 18.3 Å². The molecule has 3 aromatic rings. The van der Waals surface area contributed by atoms with Crippen LogP contribution in [-0.2, 0) is 0 Å². The number of benzene rings is 2. The molecule has 4 nitrogen and oxygen atoms in total. The van der Waals surface area contributed by atoms with Gasteiger partial charge in [0.1, 0.15) is 5.75 Å². The molecule has 0 atom stereocenters. The van der Waals surface area contributed by atoms with Crippen molar-refractivity contribution in [1.82, 2.24) is 4.98 Å². The summed E-state index contributed by atoms with van der Waals surface area (Å²) >= 11 is 4.98. The normalized spacial score (nSPS) is 10.9. The maximum absolute atomic E-state index is 5.20. The number of hydrazone groups is 1. The summed E-state index contributed by atoms with van der Waals surface area (Å²) in [6.07, 6.45) is 1.74. The third kappa shape index (κ3) is 3.97. The monoisotopic (exact) mass is 387 g/mol. The molecular formula is C17H14BrN3OS. The highest BCUT2D eigenvalue weighted by molar-refractivity contribution is 9.10. The minimum absolute atomic E-state index is 0.757. The molecule has 6 heteroatoms. The zero-order chi connectivity index (χ0) is 16.1. The van der Waals surface area contributed by atoms with Crippen LogP contribution in [0.1, 0.15) is 5.56 Å². The molecule has 1 N–H and O–H groups in total. The van der Waals surface area contributed by atoms with E-state index in [2.05, 4.69) is 31.4 Å². The van der Waals surface area contributed by atoms with Gasteiger partial charge in [-0.2, -0.15) is 5.10 Å². The van der Waals surface area contributed by atoms with Crippen molar-refractivity contribution in [3.63, 3.8) is 0 Å². The summed E-state index contributed by atoms with van der Waals surface area (Å²) in [6.45, 7) is 0. The van der Waals surface area contributed by atoms with Crippen LogP contribution in [0.3, 0.4) is 0 Å². The fourth-order valence-corrected chi connectivity index (χ4v) is 3.22.